The lowest BCUT2D eigenvalue weighted by Gasteiger charge is -2.22. The minimum Gasteiger partial charge on any atom is -0.494 e. The molecular weight excluding hydrogens is 509 g/mol. The molecular formula is C23H22IN3O4. The van der Waals surface area contributed by atoms with Crippen LogP contribution in [0.1, 0.15) is 24.0 Å². The van der Waals surface area contributed by atoms with E-state index in [1.54, 1.807) is 12.3 Å². The average molecular weight is 531 g/mol. The first-order chi connectivity index (χ1) is 15.0. The number of methoxy groups -OCH3 is 1. The van der Waals surface area contributed by atoms with Crippen LogP contribution in [-0.4, -0.2) is 46.9 Å². The maximum Gasteiger partial charge on any atom is 0.323 e. The number of benzene rings is 2. The van der Waals surface area contributed by atoms with E-state index in [2.05, 4.69) is 37.5 Å². The van der Waals surface area contributed by atoms with Gasteiger partial charge in [-0.1, -0.05) is 12.1 Å². The summed E-state index contributed by atoms with van der Waals surface area (Å²) in [4.78, 5) is 33.1. The first-order valence-electron chi connectivity index (χ1n) is 9.95. The molecule has 8 heteroatoms. The van der Waals surface area contributed by atoms with Crippen LogP contribution in [0.15, 0.2) is 52.3 Å². The van der Waals surface area contributed by atoms with Gasteiger partial charge in [0.15, 0.2) is 0 Å². The summed E-state index contributed by atoms with van der Waals surface area (Å²) in [5.74, 6) is -0.385. The van der Waals surface area contributed by atoms with Crippen molar-refractivity contribution >= 4 is 51.2 Å². The van der Waals surface area contributed by atoms with E-state index in [-0.39, 0.29) is 23.5 Å². The summed E-state index contributed by atoms with van der Waals surface area (Å²) in [6, 6.07) is 13.0. The van der Waals surface area contributed by atoms with Crippen LogP contribution in [0.2, 0.25) is 0 Å². The average Bonchev–Trinajstić information content (AvgIpc) is 3.22. The number of fused-ring (bicyclic) bond motifs is 1. The number of rotatable bonds is 5. The number of hydrogen-bond acceptors (Lipinski definition) is 6. The van der Waals surface area contributed by atoms with Gasteiger partial charge in [0.05, 0.1) is 18.4 Å². The molecule has 3 aromatic rings. The van der Waals surface area contributed by atoms with E-state index in [9.17, 15) is 14.7 Å². The number of esters is 1. The molecule has 2 N–H and O–H groups in total. The number of nitrogens with one attached hydrogen (secondary N) is 1. The van der Waals surface area contributed by atoms with Crippen molar-refractivity contribution < 1.29 is 14.6 Å². The number of nitrogens with zero attached hydrogens (tertiary/aromatic N) is 2. The van der Waals surface area contributed by atoms with Gasteiger partial charge >= 0.3 is 5.97 Å². The third kappa shape index (κ3) is 4.64. The number of carbonyl (C=O) groups is 1. The minimum absolute atomic E-state index is 0.179. The van der Waals surface area contributed by atoms with Crippen molar-refractivity contribution in [1.29, 1.82) is 0 Å². The molecule has 7 nitrogen and oxygen atoms in total. The number of carbonyl (C=O) groups excluding carboxylic acids is 1. The molecule has 31 heavy (non-hydrogen) atoms. The Balaban J connectivity index is 1.54. The first-order valence-corrected chi connectivity index (χ1v) is 11.0. The number of aromatic hydroxyl groups is 1. The summed E-state index contributed by atoms with van der Waals surface area (Å²) in [5, 5.41) is 11.4. The van der Waals surface area contributed by atoms with Crippen LogP contribution >= 0.6 is 22.6 Å². The Bertz CT molecular complexity index is 1200. The maximum absolute atomic E-state index is 12.1. The molecule has 0 amide bonds. The number of halogens is 1. The molecule has 0 radical (unpaired) electrons. The fourth-order valence-electron chi connectivity index (χ4n) is 3.92. The highest BCUT2D eigenvalue weighted by molar-refractivity contribution is 14.1. The molecule has 1 aliphatic rings. The monoisotopic (exact) mass is 531 g/mol. The third-order valence-corrected chi connectivity index (χ3v) is 6.18. The number of aliphatic imine (C=N–C) groups is 1. The number of likely N-dealkylation sites (tertiary alicyclic amines) is 1. The summed E-state index contributed by atoms with van der Waals surface area (Å²) < 4.78 is 5.87. The Kier molecular flexibility index (Phi) is 6.38. The second-order valence-corrected chi connectivity index (χ2v) is 8.73. The third-order valence-electron chi connectivity index (χ3n) is 5.51. The fourth-order valence-corrected chi connectivity index (χ4v) is 4.41. The Morgan fingerprint density at radius 1 is 1.29 bits per heavy atom. The first kappa shape index (κ1) is 21.5. The van der Waals surface area contributed by atoms with Gasteiger partial charge in [0, 0.05) is 27.1 Å². The molecule has 4 rings (SSSR count). The van der Waals surface area contributed by atoms with E-state index < -0.39 is 0 Å². The highest BCUT2D eigenvalue weighted by atomic mass is 127. The van der Waals surface area contributed by atoms with Crippen molar-refractivity contribution in [3.8, 4) is 5.88 Å². The molecule has 0 saturated carbocycles. The maximum atomic E-state index is 12.1. The van der Waals surface area contributed by atoms with Crippen molar-refractivity contribution in [3.05, 3.63) is 67.5 Å². The second kappa shape index (κ2) is 9.19. The van der Waals surface area contributed by atoms with Crippen LogP contribution in [0.25, 0.3) is 10.8 Å². The quantitative estimate of drug-likeness (QED) is 0.298. The van der Waals surface area contributed by atoms with Gasteiger partial charge in [0.25, 0.3) is 5.56 Å². The van der Waals surface area contributed by atoms with E-state index in [0.29, 0.717) is 22.9 Å². The number of pyridine rings is 1. The molecule has 0 bridgehead atoms. The van der Waals surface area contributed by atoms with Crippen LogP contribution in [-0.2, 0) is 16.1 Å². The summed E-state index contributed by atoms with van der Waals surface area (Å²) >= 11 is 2.17. The number of hydrogen-bond donors (Lipinski definition) is 2. The lowest BCUT2D eigenvalue weighted by Crippen LogP contribution is -2.36. The topological polar surface area (TPSA) is 95.0 Å². The lowest BCUT2D eigenvalue weighted by atomic mass is 10.1. The summed E-state index contributed by atoms with van der Waals surface area (Å²) in [6.45, 7) is 1.55. The van der Waals surface area contributed by atoms with Crippen LogP contribution in [0, 0.1) is 3.57 Å². The smallest absolute Gasteiger partial charge is 0.323 e. The highest BCUT2D eigenvalue weighted by Gasteiger charge is 2.31. The zero-order valence-corrected chi connectivity index (χ0v) is 19.1. The molecule has 1 fully saturated rings. The van der Waals surface area contributed by atoms with Crippen molar-refractivity contribution in [2.75, 3.05) is 13.7 Å². The largest absolute Gasteiger partial charge is 0.494 e. The fraction of sp³-hybridized carbons (Fsp3) is 0.261. The summed E-state index contributed by atoms with van der Waals surface area (Å²) in [5.41, 5.74) is 1.94. The van der Waals surface area contributed by atoms with Crippen LogP contribution in [0.5, 0.6) is 5.88 Å². The van der Waals surface area contributed by atoms with Gasteiger partial charge in [0.2, 0.25) is 5.88 Å². The Morgan fingerprint density at radius 3 is 2.81 bits per heavy atom. The molecule has 2 aromatic carbocycles. The van der Waals surface area contributed by atoms with Gasteiger partial charge < -0.3 is 9.84 Å². The van der Waals surface area contributed by atoms with Gasteiger partial charge in [-0.05, 0) is 77.9 Å². The second-order valence-electron chi connectivity index (χ2n) is 7.48. The molecule has 0 unspecified atom stereocenters. The Morgan fingerprint density at radius 2 is 2.06 bits per heavy atom. The van der Waals surface area contributed by atoms with Gasteiger partial charge in [-0.2, -0.15) is 0 Å². The number of aromatic amines is 1. The van der Waals surface area contributed by atoms with E-state index in [1.807, 2.05) is 36.4 Å². The number of H-pyrrole nitrogens is 1. The number of aromatic nitrogens is 1. The zero-order valence-electron chi connectivity index (χ0n) is 17.0. The normalized spacial score (nSPS) is 16.9. The van der Waals surface area contributed by atoms with E-state index >= 15 is 0 Å². The molecule has 1 aromatic heterocycles. The van der Waals surface area contributed by atoms with Crippen molar-refractivity contribution in [3.63, 3.8) is 0 Å². The molecule has 0 spiro atoms. The van der Waals surface area contributed by atoms with E-state index in [4.69, 9.17) is 4.74 Å². The predicted octanol–water partition coefficient (Wildman–Crippen LogP) is 3.73. The predicted molar refractivity (Wildman–Crippen MR) is 128 cm³/mol. The molecule has 1 saturated heterocycles. The summed E-state index contributed by atoms with van der Waals surface area (Å²) in [6.07, 6.45) is 3.37. The highest BCUT2D eigenvalue weighted by Crippen LogP contribution is 2.25. The van der Waals surface area contributed by atoms with Gasteiger partial charge in [-0.25, -0.2) is 0 Å². The Labute approximate surface area is 192 Å². The van der Waals surface area contributed by atoms with Crippen molar-refractivity contribution in [2.24, 2.45) is 4.99 Å². The standard InChI is InChI=1S/C23H22IN3O4/c1-31-23(30)20-3-2-10-27(20)13-14-4-7-16(8-5-14)25-12-19-18-11-15(24)6-9-17(18)21(28)26-22(19)29/h4-9,11-12,20H,2-3,10,13H2,1H3,(H2,26,28,29)/t20-/m1/s1. The molecule has 2 heterocycles. The van der Waals surface area contributed by atoms with Crippen LogP contribution in [0.4, 0.5) is 5.69 Å². The van der Waals surface area contributed by atoms with E-state index in [0.717, 1.165) is 34.2 Å². The summed E-state index contributed by atoms with van der Waals surface area (Å²) in [7, 11) is 1.43. The molecule has 1 aliphatic heterocycles. The Hall–Kier alpha value is -2.72. The SMILES string of the molecule is COC(=O)[C@H]1CCCN1Cc1ccc(N=Cc2c(O)[nH]c(=O)c3ccc(I)cc23)cc1. The van der Waals surface area contributed by atoms with Crippen LogP contribution in [0.3, 0.4) is 0 Å². The molecule has 0 aliphatic carbocycles. The van der Waals surface area contributed by atoms with Crippen molar-refractivity contribution in [2.45, 2.75) is 25.4 Å². The minimum atomic E-state index is -0.336. The van der Waals surface area contributed by atoms with Gasteiger partial charge in [-0.15, -0.1) is 0 Å². The van der Waals surface area contributed by atoms with Gasteiger partial charge in [-0.3, -0.25) is 24.5 Å². The molecule has 1 atom stereocenters. The zero-order chi connectivity index (χ0) is 22.0. The number of ether oxygens (including phenoxy) is 1. The van der Waals surface area contributed by atoms with E-state index in [1.165, 1.54) is 7.11 Å². The lowest BCUT2D eigenvalue weighted by molar-refractivity contribution is -0.146. The van der Waals surface area contributed by atoms with Gasteiger partial charge in [0.1, 0.15) is 6.04 Å². The van der Waals surface area contributed by atoms with Crippen LogP contribution < -0.4 is 5.56 Å². The van der Waals surface area contributed by atoms with Crippen molar-refractivity contribution in [1.82, 2.24) is 9.88 Å². The molecule has 160 valence electrons.